The lowest BCUT2D eigenvalue weighted by molar-refractivity contribution is 0.0608. The second-order valence-electron chi connectivity index (χ2n) is 5.79. The quantitative estimate of drug-likeness (QED) is 0.645. The molecule has 0 fully saturated rings. The molecule has 0 saturated carbocycles. The normalized spacial score (nSPS) is 12.1. The molecule has 0 aliphatic carbocycles. The Labute approximate surface area is 155 Å². The van der Waals surface area contributed by atoms with Crippen LogP contribution in [0.5, 0.6) is 0 Å². The zero-order chi connectivity index (χ0) is 19.0. The SMILES string of the molecule is CC(C)(C)OC(=O)N(c1cscn1)S(=O)(=O)c1cc(Br)c(F)cc1F. The van der Waals surface area contributed by atoms with Gasteiger partial charge in [-0.3, -0.25) is 0 Å². The van der Waals surface area contributed by atoms with Crippen LogP contribution in [0.3, 0.4) is 0 Å². The number of hydrogen-bond acceptors (Lipinski definition) is 6. The molecule has 1 amide bonds. The van der Waals surface area contributed by atoms with Gasteiger partial charge in [-0.15, -0.1) is 15.6 Å². The third-order valence-electron chi connectivity index (χ3n) is 2.68. The van der Waals surface area contributed by atoms with Gasteiger partial charge in [0.1, 0.15) is 22.1 Å². The number of sulfonamides is 1. The lowest BCUT2D eigenvalue weighted by atomic mass is 10.2. The van der Waals surface area contributed by atoms with Gasteiger partial charge in [-0.05, 0) is 42.8 Å². The van der Waals surface area contributed by atoms with Gasteiger partial charge in [0.2, 0.25) is 0 Å². The Hall–Kier alpha value is -1.59. The number of carbonyl (C=O) groups is 1. The molecule has 1 heterocycles. The first kappa shape index (κ1) is 19.7. The predicted octanol–water partition coefficient (Wildman–Crippen LogP) is 4.31. The number of halogens is 3. The van der Waals surface area contributed by atoms with Crippen LogP contribution in [-0.4, -0.2) is 25.1 Å². The molecule has 11 heteroatoms. The van der Waals surface area contributed by atoms with Crippen molar-refractivity contribution >= 4 is 49.2 Å². The molecule has 0 radical (unpaired) electrons. The minimum absolute atomic E-state index is 0.248. The Bertz CT molecular complexity index is 896. The zero-order valence-electron chi connectivity index (χ0n) is 13.3. The summed E-state index contributed by atoms with van der Waals surface area (Å²) in [6.07, 6.45) is -1.25. The van der Waals surface area contributed by atoms with Crippen molar-refractivity contribution in [3.05, 3.63) is 39.1 Å². The summed E-state index contributed by atoms with van der Waals surface area (Å²) in [5, 5.41) is 1.29. The van der Waals surface area contributed by atoms with Gasteiger partial charge in [-0.25, -0.2) is 27.0 Å². The molecule has 6 nitrogen and oxygen atoms in total. The van der Waals surface area contributed by atoms with Crippen LogP contribution >= 0.6 is 27.3 Å². The molecule has 0 spiro atoms. The highest BCUT2D eigenvalue weighted by molar-refractivity contribution is 9.10. The monoisotopic (exact) mass is 454 g/mol. The van der Waals surface area contributed by atoms with E-state index in [-0.39, 0.29) is 14.6 Å². The van der Waals surface area contributed by atoms with Crippen LogP contribution < -0.4 is 4.31 Å². The van der Waals surface area contributed by atoms with E-state index in [9.17, 15) is 22.0 Å². The van der Waals surface area contributed by atoms with Crippen molar-refractivity contribution in [2.24, 2.45) is 0 Å². The van der Waals surface area contributed by atoms with Crippen molar-refractivity contribution in [1.82, 2.24) is 4.98 Å². The third-order valence-corrected chi connectivity index (χ3v) is 5.55. The summed E-state index contributed by atoms with van der Waals surface area (Å²) in [5.41, 5.74) is 0.307. The molecule has 0 atom stereocenters. The van der Waals surface area contributed by atoms with Crippen LogP contribution in [0.15, 0.2) is 32.4 Å². The topological polar surface area (TPSA) is 76.6 Å². The number of carbonyl (C=O) groups excluding carboxylic acids is 1. The number of amides is 1. The largest absolute Gasteiger partial charge is 0.443 e. The summed E-state index contributed by atoms with van der Waals surface area (Å²) in [5.74, 6) is -2.57. The smallest absolute Gasteiger partial charge is 0.430 e. The average molecular weight is 455 g/mol. The van der Waals surface area contributed by atoms with E-state index in [1.54, 1.807) is 20.8 Å². The molecule has 0 aliphatic heterocycles. The highest BCUT2D eigenvalue weighted by Crippen LogP contribution is 2.30. The van der Waals surface area contributed by atoms with Crippen LogP contribution in [0.1, 0.15) is 20.8 Å². The van der Waals surface area contributed by atoms with Crippen molar-refractivity contribution in [2.75, 3.05) is 4.31 Å². The minimum Gasteiger partial charge on any atom is -0.443 e. The van der Waals surface area contributed by atoms with Crippen LogP contribution in [0.4, 0.5) is 19.4 Å². The molecule has 0 N–H and O–H groups in total. The van der Waals surface area contributed by atoms with Gasteiger partial charge in [0.25, 0.3) is 10.0 Å². The molecule has 1 aromatic heterocycles. The molecular formula is C14H13BrF2N2O4S2. The molecule has 136 valence electrons. The summed E-state index contributed by atoms with van der Waals surface area (Å²) in [4.78, 5) is 15.3. The second-order valence-corrected chi connectivity index (χ2v) is 9.12. The maximum absolute atomic E-state index is 14.1. The minimum atomic E-state index is -4.73. The highest BCUT2D eigenvalue weighted by atomic mass is 79.9. The molecule has 0 bridgehead atoms. The van der Waals surface area contributed by atoms with Gasteiger partial charge >= 0.3 is 6.09 Å². The number of benzene rings is 1. The van der Waals surface area contributed by atoms with Crippen LogP contribution in [0.2, 0.25) is 0 Å². The molecule has 0 unspecified atom stereocenters. The van der Waals surface area contributed by atoms with E-state index in [1.807, 2.05) is 0 Å². The first-order valence-corrected chi connectivity index (χ1v) is 9.92. The van der Waals surface area contributed by atoms with Gasteiger partial charge in [-0.1, -0.05) is 0 Å². The number of aromatic nitrogens is 1. The fraction of sp³-hybridized carbons (Fsp3) is 0.286. The number of nitrogens with zero attached hydrogens (tertiary/aromatic N) is 2. The van der Waals surface area contributed by atoms with Crippen LogP contribution in [0.25, 0.3) is 0 Å². The van der Waals surface area contributed by atoms with Crippen LogP contribution in [0, 0.1) is 11.6 Å². The van der Waals surface area contributed by atoms with E-state index in [2.05, 4.69) is 20.9 Å². The molecular weight excluding hydrogens is 442 g/mol. The number of anilines is 1. The Morgan fingerprint density at radius 1 is 1.28 bits per heavy atom. The summed E-state index contributed by atoms with van der Waals surface area (Å²) in [6, 6.07) is 1.15. The summed E-state index contributed by atoms with van der Waals surface area (Å²) in [6.45, 7) is 4.64. The molecule has 2 rings (SSSR count). The van der Waals surface area contributed by atoms with Crippen molar-refractivity contribution in [2.45, 2.75) is 31.3 Å². The number of ether oxygens (including phenoxy) is 1. The van der Waals surface area contributed by atoms with Crippen molar-refractivity contribution < 1.29 is 26.7 Å². The zero-order valence-corrected chi connectivity index (χ0v) is 16.5. The van der Waals surface area contributed by atoms with Crippen molar-refractivity contribution in [1.29, 1.82) is 0 Å². The fourth-order valence-corrected chi connectivity index (χ4v) is 4.15. The molecule has 2 aromatic rings. The lowest BCUT2D eigenvalue weighted by Gasteiger charge is -2.25. The van der Waals surface area contributed by atoms with Gasteiger partial charge in [0, 0.05) is 11.4 Å². The van der Waals surface area contributed by atoms with E-state index in [0.717, 1.165) is 17.4 Å². The lowest BCUT2D eigenvalue weighted by Crippen LogP contribution is -2.41. The Kier molecular flexibility index (Phi) is 5.50. The summed E-state index contributed by atoms with van der Waals surface area (Å²) < 4.78 is 58.3. The predicted molar refractivity (Wildman–Crippen MR) is 92.1 cm³/mol. The van der Waals surface area contributed by atoms with E-state index >= 15 is 0 Å². The highest BCUT2D eigenvalue weighted by Gasteiger charge is 2.38. The Morgan fingerprint density at radius 2 is 1.92 bits per heavy atom. The first-order chi connectivity index (χ1) is 11.4. The van der Waals surface area contributed by atoms with Crippen molar-refractivity contribution in [3.63, 3.8) is 0 Å². The number of thiazole rings is 1. The molecule has 1 aromatic carbocycles. The van der Waals surface area contributed by atoms with Gasteiger partial charge in [0.05, 0.1) is 9.98 Å². The second kappa shape index (κ2) is 6.96. The molecule has 25 heavy (non-hydrogen) atoms. The third kappa shape index (κ3) is 4.33. The van der Waals surface area contributed by atoms with E-state index in [0.29, 0.717) is 6.07 Å². The fourth-order valence-electron chi connectivity index (χ4n) is 1.72. The van der Waals surface area contributed by atoms with Gasteiger partial charge in [0.15, 0.2) is 5.82 Å². The van der Waals surface area contributed by atoms with Crippen molar-refractivity contribution in [3.8, 4) is 0 Å². The average Bonchev–Trinajstić information content (AvgIpc) is 2.94. The molecule has 0 aliphatic rings. The van der Waals surface area contributed by atoms with E-state index in [1.165, 1.54) is 10.9 Å². The first-order valence-electron chi connectivity index (χ1n) is 6.74. The van der Waals surface area contributed by atoms with Crippen LogP contribution in [-0.2, 0) is 14.8 Å². The maximum atomic E-state index is 14.1. The van der Waals surface area contributed by atoms with Gasteiger partial charge in [-0.2, -0.15) is 0 Å². The molecule has 0 saturated heterocycles. The standard InChI is InChI=1S/C14H13BrF2N2O4S2/c1-14(2,3)23-13(20)19(12-6-24-7-18-12)25(21,22)11-4-8(15)9(16)5-10(11)17/h4-7H,1-3H3. The Morgan fingerprint density at radius 3 is 2.44 bits per heavy atom. The number of hydrogen-bond donors (Lipinski definition) is 0. The van der Waals surface area contributed by atoms with E-state index < -0.39 is 38.2 Å². The van der Waals surface area contributed by atoms with E-state index in [4.69, 9.17) is 4.74 Å². The maximum Gasteiger partial charge on any atom is 0.430 e. The Balaban J connectivity index is 2.61. The summed E-state index contributed by atoms with van der Waals surface area (Å²) in [7, 11) is -4.73. The number of rotatable bonds is 3. The van der Waals surface area contributed by atoms with Gasteiger partial charge < -0.3 is 4.74 Å². The summed E-state index contributed by atoms with van der Waals surface area (Å²) >= 11 is 3.84.